The van der Waals surface area contributed by atoms with Crippen LogP contribution < -0.4 is 5.32 Å². The van der Waals surface area contributed by atoms with E-state index in [1.54, 1.807) is 18.2 Å². The lowest BCUT2D eigenvalue weighted by Crippen LogP contribution is -2.16. The second-order valence-electron chi connectivity index (χ2n) is 4.64. The number of carbonyl (C=O) groups is 1. The minimum Gasteiger partial charge on any atom is -0.333 e. The van der Waals surface area contributed by atoms with E-state index in [0.29, 0.717) is 10.2 Å². The molecule has 1 heterocycles. The topological polar surface area (TPSA) is 57.8 Å². The molecule has 0 saturated heterocycles. The minimum atomic E-state index is -0.818. The van der Waals surface area contributed by atoms with Crippen LogP contribution in [0.2, 0.25) is 5.02 Å². The maximum Gasteiger partial charge on any atom is 0.235 e. The van der Waals surface area contributed by atoms with Gasteiger partial charge in [0.2, 0.25) is 5.91 Å². The molecule has 3 rings (SSSR count). The van der Waals surface area contributed by atoms with Crippen molar-refractivity contribution in [3.05, 3.63) is 53.1 Å². The Labute approximate surface area is 139 Å². The molecule has 0 saturated carbocycles. The number of aromatic amines is 1. The van der Waals surface area contributed by atoms with Crippen molar-refractivity contribution in [3.63, 3.8) is 0 Å². The molecule has 0 aliphatic heterocycles. The molecule has 0 aliphatic carbocycles. The van der Waals surface area contributed by atoms with Crippen molar-refractivity contribution in [2.24, 2.45) is 0 Å². The molecular formula is C15H10ClF2N3OS. The van der Waals surface area contributed by atoms with Gasteiger partial charge in [-0.1, -0.05) is 29.4 Å². The monoisotopic (exact) mass is 353 g/mol. The van der Waals surface area contributed by atoms with Gasteiger partial charge in [-0.05, 0) is 30.3 Å². The molecule has 2 N–H and O–H groups in total. The summed E-state index contributed by atoms with van der Waals surface area (Å²) in [6, 6.07) is 8.58. The fourth-order valence-electron chi connectivity index (χ4n) is 1.95. The zero-order valence-corrected chi connectivity index (χ0v) is 13.1. The number of halogens is 3. The molecule has 2 aromatic carbocycles. The number of hydrogen-bond donors (Lipinski definition) is 2. The lowest BCUT2D eigenvalue weighted by Gasteiger charge is -2.06. The number of fused-ring (bicyclic) bond motifs is 1. The number of anilines is 1. The number of H-pyrrole nitrogens is 1. The Morgan fingerprint density at radius 3 is 2.74 bits per heavy atom. The average molecular weight is 354 g/mol. The summed E-state index contributed by atoms with van der Waals surface area (Å²) in [6.07, 6.45) is 0. The summed E-state index contributed by atoms with van der Waals surface area (Å²) in [5.74, 6) is -2.21. The van der Waals surface area contributed by atoms with Crippen LogP contribution in [0.4, 0.5) is 14.5 Å². The molecule has 0 atom stereocenters. The van der Waals surface area contributed by atoms with Crippen LogP contribution in [-0.2, 0) is 4.79 Å². The Kier molecular flexibility index (Phi) is 4.49. The Hall–Kier alpha value is -2.12. The van der Waals surface area contributed by atoms with Crippen LogP contribution in [0.3, 0.4) is 0 Å². The number of amides is 1. The molecule has 1 aromatic heterocycles. The van der Waals surface area contributed by atoms with Gasteiger partial charge in [-0.3, -0.25) is 4.79 Å². The molecule has 118 valence electrons. The van der Waals surface area contributed by atoms with E-state index in [4.69, 9.17) is 11.6 Å². The first-order valence-electron chi connectivity index (χ1n) is 6.55. The summed E-state index contributed by atoms with van der Waals surface area (Å²) < 4.78 is 26.9. The number of thioether (sulfide) groups is 1. The molecule has 0 unspecified atom stereocenters. The van der Waals surface area contributed by atoms with Gasteiger partial charge in [0.05, 0.1) is 16.8 Å². The predicted molar refractivity (Wildman–Crippen MR) is 86.8 cm³/mol. The van der Waals surface area contributed by atoms with E-state index in [9.17, 15) is 13.6 Å². The fraction of sp³-hybridized carbons (Fsp3) is 0.0667. The van der Waals surface area contributed by atoms with Crippen LogP contribution >= 0.6 is 23.4 Å². The van der Waals surface area contributed by atoms with Crippen molar-refractivity contribution >= 4 is 46.0 Å². The Morgan fingerprint density at radius 2 is 2.00 bits per heavy atom. The zero-order valence-electron chi connectivity index (χ0n) is 11.6. The summed E-state index contributed by atoms with van der Waals surface area (Å²) in [5.41, 5.74) is 1.02. The standard InChI is InChI=1S/C15H10ClF2N3OS/c16-8-4-5-11-12(6-8)20-15(19-11)23-7-13(22)21-14-9(17)2-1-3-10(14)18/h1-6H,7H2,(H,19,20)(H,21,22). The summed E-state index contributed by atoms with van der Waals surface area (Å²) >= 11 is 7.01. The van der Waals surface area contributed by atoms with Gasteiger partial charge in [0.1, 0.15) is 17.3 Å². The number of benzene rings is 2. The first kappa shape index (κ1) is 15.8. The van der Waals surface area contributed by atoms with Gasteiger partial charge in [-0.15, -0.1) is 0 Å². The smallest absolute Gasteiger partial charge is 0.235 e. The maximum atomic E-state index is 13.5. The van der Waals surface area contributed by atoms with Gasteiger partial charge in [0.15, 0.2) is 5.16 Å². The highest BCUT2D eigenvalue weighted by molar-refractivity contribution is 7.99. The molecule has 0 spiro atoms. The summed E-state index contributed by atoms with van der Waals surface area (Å²) in [6.45, 7) is 0. The van der Waals surface area contributed by atoms with Gasteiger partial charge in [0, 0.05) is 5.02 Å². The van der Waals surface area contributed by atoms with Crippen LogP contribution in [0.25, 0.3) is 11.0 Å². The van der Waals surface area contributed by atoms with Gasteiger partial charge in [-0.2, -0.15) is 0 Å². The molecule has 4 nitrogen and oxygen atoms in total. The molecule has 1 amide bonds. The second-order valence-corrected chi connectivity index (χ2v) is 6.04. The lowest BCUT2D eigenvalue weighted by molar-refractivity contribution is -0.113. The van der Waals surface area contributed by atoms with E-state index in [-0.39, 0.29) is 5.75 Å². The maximum absolute atomic E-state index is 13.5. The third kappa shape index (κ3) is 3.62. The molecule has 23 heavy (non-hydrogen) atoms. The predicted octanol–water partition coefficient (Wildman–Crippen LogP) is 4.23. The van der Waals surface area contributed by atoms with Crippen molar-refractivity contribution in [2.75, 3.05) is 11.1 Å². The number of aromatic nitrogens is 2. The van der Waals surface area contributed by atoms with Crippen LogP contribution in [0, 0.1) is 11.6 Å². The highest BCUT2D eigenvalue weighted by atomic mass is 35.5. The van der Waals surface area contributed by atoms with Crippen molar-refractivity contribution in [1.29, 1.82) is 0 Å². The van der Waals surface area contributed by atoms with E-state index < -0.39 is 23.2 Å². The number of nitrogens with zero attached hydrogens (tertiary/aromatic N) is 1. The van der Waals surface area contributed by atoms with Crippen molar-refractivity contribution < 1.29 is 13.6 Å². The Bertz CT molecular complexity index is 864. The average Bonchev–Trinajstić information content (AvgIpc) is 2.91. The van der Waals surface area contributed by atoms with Crippen molar-refractivity contribution in [2.45, 2.75) is 5.16 Å². The number of nitrogens with one attached hydrogen (secondary N) is 2. The molecule has 0 aliphatic rings. The van der Waals surface area contributed by atoms with Crippen molar-refractivity contribution in [3.8, 4) is 0 Å². The van der Waals surface area contributed by atoms with E-state index in [1.807, 2.05) is 0 Å². The third-order valence-electron chi connectivity index (χ3n) is 2.99. The molecule has 0 fully saturated rings. The van der Waals surface area contributed by atoms with E-state index in [0.717, 1.165) is 34.9 Å². The fourth-order valence-corrected chi connectivity index (χ4v) is 2.81. The number of rotatable bonds is 4. The van der Waals surface area contributed by atoms with Crippen molar-refractivity contribution in [1.82, 2.24) is 9.97 Å². The third-order valence-corrected chi connectivity index (χ3v) is 4.10. The van der Waals surface area contributed by atoms with Crippen LogP contribution in [0.1, 0.15) is 0 Å². The minimum absolute atomic E-state index is 0.0403. The molecular weight excluding hydrogens is 344 g/mol. The van der Waals surface area contributed by atoms with Gasteiger partial charge >= 0.3 is 0 Å². The lowest BCUT2D eigenvalue weighted by atomic mass is 10.3. The van der Waals surface area contributed by atoms with Gasteiger partial charge in [0.25, 0.3) is 0 Å². The van der Waals surface area contributed by atoms with Gasteiger partial charge in [-0.25, -0.2) is 13.8 Å². The zero-order chi connectivity index (χ0) is 16.4. The summed E-state index contributed by atoms with van der Waals surface area (Å²) in [7, 11) is 0. The summed E-state index contributed by atoms with van der Waals surface area (Å²) in [5, 5.41) is 3.31. The van der Waals surface area contributed by atoms with E-state index >= 15 is 0 Å². The Balaban J connectivity index is 1.66. The number of para-hydroxylation sites is 1. The second kappa shape index (κ2) is 6.55. The number of carbonyl (C=O) groups excluding carboxylic acids is 1. The van der Waals surface area contributed by atoms with Crippen LogP contribution in [0.5, 0.6) is 0 Å². The normalized spacial score (nSPS) is 10.9. The highest BCUT2D eigenvalue weighted by Crippen LogP contribution is 2.23. The highest BCUT2D eigenvalue weighted by Gasteiger charge is 2.13. The van der Waals surface area contributed by atoms with Crippen LogP contribution in [0.15, 0.2) is 41.6 Å². The first-order chi connectivity index (χ1) is 11.0. The molecule has 0 bridgehead atoms. The Morgan fingerprint density at radius 1 is 1.26 bits per heavy atom. The van der Waals surface area contributed by atoms with Crippen LogP contribution in [-0.4, -0.2) is 21.6 Å². The summed E-state index contributed by atoms with van der Waals surface area (Å²) in [4.78, 5) is 19.1. The van der Waals surface area contributed by atoms with E-state index in [1.165, 1.54) is 6.07 Å². The number of imidazole rings is 1. The number of hydrogen-bond acceptors (Lipinski definition) is 3. The molecule has 3 aromatic rings. The van der Waals surface area contributed by atoms with Gasteiger partial charge < -0.3 is 10.3 Å². The first-order valence-corrected chi connectivity index (χ1v) is 7.91. The molecule has 0 radical (unpaired) electrons. The van der Waals surface area contributed by atoms with E-state index in [2.05, 4.69) is 15.3 Å². The SMILES string of the molecule is O=C(CSc1nc2ccc(Cl)cc2[nH]1)Nc1c(F)cccc1F. The largest absolute Gasteiger partial charge is 0.333 e. The molecule has 8 heteroatoms. The quantitative estimate of drug-likeness (QED) is 0.690.